The van der Waals surface area contributed by atoms with Crippen molar-refractivity contribution in [3.63, 3.8) is 0 Å². The van der Waals surface area contributed by atoms with Crippen LogP contribution in [0.2, 0.25) is 0 Å². The van der Waals surface area contributed by atoms with Crippen LogP contribution in [0.25, 0.3) is 0 Å². The second-order valence-corrected chi connectivity index (χ2v) is 5.65. The van der Waals surface area contributed by atoms with Crippen LogP contribution in [0.15, 0.2) is 48.5 Å². The van der Waals surface area contributed by atoms with E-state index in [1.165, 1.54) is 23.1 Å². The predicted molar refractivity (Wildman–Crippen MR) is 86.8 cm³/mol. The third kappa shape index (κ3) is 3.27. The minimum atomic E-state index is 0.377. The molecule has 0 saturated carbocycles. The van der Waals surface area contributed by atoms with Crippen LogP contribution in [-0.4, -0.2) is 13.7 Å². The highest BCUT2D eigenvalue weighted by molar-refractivity contribution is 5.45. The van der Waals surface area contributed by atoms with Gasteiger partial charge in [-0.15, -0.1) is 0 Å². The largest absolute Gasteiger partial charge is 0.493 e. The van der Waals surface area contributed by atoms with Crippen LogP contribution in [0.5, 0.6) is 5.75 Å². The van der Waals surface area contributed by atoms with E-state index in [2.05, 4.69) is 53.8 Å². The van der Waals surface area contributed by atoms with Gasteiger partial charge in [-0.3, -0.25) is 0 Å². The van der Waals surface area contributed by atoms with Gasteiger partial charge in [0, 0.05) is 18.0 Å². The summed E-state index contributed by atoms with van der Waals surface area (Å²) in [6.45, 7) is 0.826. The summed E-state index contributed by atoms with van der Waals surface area (Å²) in [5, 5.41) is 3.45. The summed E-state index contributed by atoms with van der Waals surface area (Å²) in [5.74, 6) is 1.12. The van der Waals surface area contributed by atoms with Crippen molar-refractivity contribution in [3.8, 4) is 5.75 Å². The molecule has 0 spiro atoms. The van der Waals surface area contributed by atoms with Gasteiger partial charge in [-0.25, -0.2) is 0 Å². The predicted octanol–water partition coefficient (Wildman–Crippen LogP) is 3.90. The number of para-hydroxylation sites is 1. The van der Waals surface area contributed by atoms with Crippen LogP contribution in [0.1, 0.15) is 35.6 Å². The zero-order valence-corrected chi connectivity index (χ0v) is 12.6. The molecule has 2 aromatic carbocycles. The third-order valence-electron chi connectivity index (χ3n) is 4.27. The second kappa shape index (κ2) is 6.77. The molecule has 0 aromatic heterocycles. The number of nitrogens with one attached hydrogen (secondary N) is 1. The molecule has 1 N–H and O–H groups in total. The maximum Gasteiger partial charge on any atom is 0.127 e. The summed E-state index contributed by atoms with van der Waals surface area (Å²) >= 11 is 0. The first-order valence-electron chi connectivity index (χ1n) is 7.84. The van der Waals surface area contributed by atoms with Gasteiger partial charge >= 0.3 is 0 Å². The Labute approximate surface area is 127 Å². The summed E-state index contributed by atoms with van der Waals surface area (Å²) in [4.78, 5) is 0. The molecule has 0 bridgehead atoms. The Kier molecular flexibility index (Phi) is 4.56. The highest BCUT2D eigenvalue weighted by atomic mass is 16.5. The molecule has 2 aromatic rings. The quantitative estimate of drug-likeness (QED) is 0.867. The number of fused-ring (bicyclic) bond motifs is 1. The zero-order valence-electron chi connectivity index (χ0n) is 12.6. The van der Waals surface area contributed by atoms with E-state index >= 15 is 0 Å². The summed E-state index contributed by atoms with van der Waals surface area (Å²) in [6.07, 6.45) is 4.49. The second-order valence-electron chi connectivity index (χ2n) is 5.65. The Bertz CT molecular complexity index is 579. The van der Waals surface area contributed by atoms with Gasteiger partial charge in [0.1, 0.15) is 5.75 Å². The molecule has 2 heteroatoms. The first-order valence-corrected chi connectivity index (χ1v) is 7.84. The number of rotatable bonds is 6. The maximum absolute atomic E-state index is 5.84. The molecule has 1 aliphatic rings. The topological polar surface area (TPSA) is 21.3 Å². The fraction of sp³-hybridized carbons (Fsp3) is 0.368. The van der Waals surface area contributed by atoms with Crippen LogP contribution in [0, 0.1) is 0 Å². The lowest BCUT2D eigenvalue weighted by atomic mass is 9.96. The van der Waals surface area contributed by atoms with E-state index in [1.807, 2.05) is 7.05 Å². The van der Waals surface area contributed by atoms with Crippen LogP contribution >= 0.6 is 0 Å². The lowest BCUT2D eigenvalue weighted by Crippen LogP contribution is -2.17. The molecule has 3 rings (SSSR count). The van der Waals surface area contributed by atoms with E-state index < -0.39 is 0 Å². The maximum atomic E-state index is 5.84. The molecule has 0 fully saturated rings. The molecule has 2 nitrogen and oxygen atoms in total. The van der Waals surface area contributed by atoms with Crippen LogP contribution < -0.4 is 10.1 Å². The SMILES string of the molecule is CNC(CCCc1ccccc1)c1cccc2c1OCC2. The van der Waals surface area contributed by atoms with Crippen molar-refractivity contribution in [2.75, 3.05) is 13.7 Å². The molecule has 110 valence electrons. The lowest BCUT2D eigenvalue weighted by molar-refractivity contribution is 0.347. The summed E-state index contributed by atoms with van der Waals surface area (Å²) in [7, 11) is 2.04. The van der Waals surface area contributed by atoms with Crippen molar-refractivity contribution in [3.05, 3.63) is 65.2 Å². The Morgan fingerprint density at radius 3 is 2.76 bits per heavy atom. The minimum absolute atomic E-state index is 0.377. The van der Waals surface area contributed by atoms with E-state index in [9.17, 15) is 0 Å². The normalized spacial score (nSPS) is 14.5. The zero-order chi connectivity index (χ0) is 14.5. The molecule has 1 atom stereocenters. The van der Waals surface area contributed by atoms with E-state index in [-0.39, 0.29) is 0 Å². The number of benzene rings is 2. The first kappa shape index (κ1) is 14.2. The molecule has 0 radical (unpaired) electrons. The fourth-order valence-electron chi connectivity index (χ4n) is 3.13. The number of hydrogen-bond acceptors (Lipinski definition) is 2. The molecule has 1 heterocycles. The van der Waals surface area contributed by atoms with Gasteiger partial charge in [-0.2, -0.15) is 0 Å². The smallest absolute Gasteiger partial charge is 0.127 e. The molecule has 1 aliphatic heterocycles. The number of aryl methyl sites for hydroxylation is 1. The van der Waals surface area contributed by atoms with Crippen molar-refractivity contribution in [1.82, 2.24) is 5.32 Å². The average Bonchev–Trinajstić information content (AvgIpc) is 3.01. The van der Waals surface area contributed by atoms with Crippen LogP contribution in [0.3, 0.4) is 0 Å². The summed E-state index contributed by atoms with van der Waals surface area (Å²) in [6, 6.07) is 17.6. The lowest BCUT2D eigenvalue weighted by Gasteiger charge is -2.19. The summed E-state index contributed by atoms with van der Waals surface area (Å²) in [5.41, 5.74) is 4.10. The van der Waals surface area contributed by atoms with Crippen LogP contribution in [0.4, 0.5) is 0 Å². The van der Waals surface area contributed by atoms with E-state index in [4.69, 9.17) is 4.74 Å². The fourth-order valence-corrected chi connectivity index (χ4v) is 3.13. The van der Waals surface area contributed by atoms with Crippen molar-refractivity contribution in [1.29, 1.82) is 0 Å². The molecular formula is C19H23NO. The van der Waals surface area contributed by atoms with Crippen molar-refractivity contribution in [2.45, 2.75) is 31.7 Å². The highest BCUT2D eigenvalue weighted by Crippen LogP contribution is 2.35. The Balaban J connectivity index is 1.65. The van der Waals surface area contributed by atoms with Crippen molar-refractivity contribution >= 4 is 0 Å². The van der Waals surface area contributed by atoms with Crippen molar-refractivity contribution in [2.24, 2.45) is 0 Å². The van der Waals surface area contributed by atoms with E-state index in [1.54, 1.807) is 0 Å². The number of hydrogen-bond donors (Lipinski definition) is 1. The average molecular weight is 281 g/mol. The van der Waals surface area contributed by atoms with Gasteiger partial charge in [-0.1, -0.05) is 48.5 Å². The minimum Gasteiger partial charge on any atom is -0.493 e. The molecule has 1 unspecified atom stereocenters. The van der Waals surface area contributed by atoms with E-state index in [0.29, 0.717) is 6.04 Å². The monoisotopic (exact) mass is 281 g/mol. The van der Waals surface area contributed by atoms with E-state index in [0.717, 1.165) is 31.6 Å². The highest BCUT2D eigenvalue weighted by Gasteiger charge is 2.20. The molecule has 0 amide bonds. The standard InChI is InChI=1S/C19H23NO/c1-20-18(12-5-9-15-7-3-2-4-8-15)17-11-6-10-16-13-14-21-19(16)17/h2-4,6-8,10-11,18,20H,5,9,12-14H2,1H3. The summed E-state index contributed by atoms with van der Waals surface area (Å²) < 4.78 is 5.84. The Hall–Kier alpha value is -1.80. The van der Waals surface area contributed by atoms with Crippen molar-refractivity contribution < 1.29 is 4.74 Å². The third-order valence-corrected chi connectivity index (χ3v) is 4.27. The van der Waals surface area contributed by atoms with Gasteiger partial charge in [0.25, 0.3) is 0 Å². The Morgan fingerprint density at radius 1 is 1.10 bits per heavy atom. The van der Waals surface area contributed by atoms with Gasteiger partial charge < -0.3 is 10.1 Å². The van der Waals surface area contributed by atoms with Gasteiger partial charge in [0.05, 0.1) is 6.61 Å². The molecule has 0 aliphatic carbocycles. The molecule has 21 heavy (non-hydrogen) atoms. The number of ether oxygens (including phenoxy) is 1. The van der Waals surface area contributed by atoms with Crippen LogP contribution in [-0.2, 0) is 12.8 Å². The first-order chi connectivity index (χ1) is 10.4. The van der Waals surface area contributed by atoms with Gasteiger partial charge in [0.2, 0.25) is 0 Å². The van der Waals surface area contributed by atoms with Gasteiger partial charge in [-0.05, 0) is 37.4 Å². The van der Waals surface area contributed by atoms with Gasteiger partial charge in [0.15, 0.2) is 0 Å². The molecular weight excluding hydrogens is 258 g/mol. The molecule has 0 saturated heterocycles. The Morgan fingerprint density at radius 2 is 1.95 bits per heavy atom.